The Morgan fingerprint density at radius 2 is 2.31 bits per heavy atom. The van der Waals surface area contributed by atoms with Gasteiger partial charge in [-0.2, -0.15) is 5.26 Å². The molecule has 0 spiro atoms. The molecule has 0 aliphatic heterocycles. The minimum atomic E-state index is -0.164. The van der Waals surface area contributed by atoms with Crippen LogP contribution in [0.1, 0.15) is 23.2 Å². The van der Waals surface area contributed by atoms with E-state index in [4.69, 9.17) is 5.26 Å². The van der Waals surface area contributed by atoms with Gasteiger partial charge in [0.2, 0.25) is 0 Å². The molecular formula is C10H10N2O. The first-order valence-corrected chi connectivity index (χ1v) is 4.36. The van der Waals surface area contributed by atoms with Crippen LogP contribution in [0.3, 0.4) is 0 Å². The Hall–Kier alpha value is -1.56. The summed E-state index contributed by atoms with van der Waals surface area (Å²) >= 11 is 0. The zero-order valence-corrected chi connectivity index (χ0v) is 7.50. The molecular weight excluding hydrogens is 164 g/mol. The van der Waals surface area contributed by atoms with Crippen LogP contribution >= 0.6 is 0 Å². The molecule has 13 heavy (non-hydrogen) atoms. The van der Waals surface area contributed by atoms with Crippen LogP contribution in [-0.4, -0.2) is 4.57 Å². The molecule has 0 unspecified atom stereocenters. The molecule has 1 aliphatic rings. The second kappa shape index (κ2) is 2.74. The van der Waals surface area contributed by atoms with Crippen molar-refractivity contribution >= 4 is 0 Å². The number of aromatic nitrogens is 1. The smallest absolute Gasteiger partial charge is 0.268 e. The summed E-state index contributed by atoms with van der Waals surface area (Å²) in [6.45, 7) is 0. The summed E-state index contributed by atoms with van der Waals surface area (Å²) < 4.78 is 1.61. The Bertz CT molecular complexity index is 451. The lowest BCUT2D eigenvalue weighted by molar-refractivity contribution is 0.776. The molecule has 0 fully saturated rings. The molecule has 0 amide bonds. The number of rotatable bonds is 0. The molecule has 0 saturated heterocycles. The highest BCUT2D eigenvalue weighted by atomic mass is 16.1. The Morgan fingerprint density at radius 3 is 3.00 bits per heavy atom. The summed E-state index contributed by atoms with van der Waals surface area (Å²) in [7, 11) is 1.74. The van der Waals surface area contributed by atoms with Crippen LogP contribution in [0, 0.1) is 11.3 Å². The first-order valence-electron chi connectivity index (χ1n) is 4.36. The van der Waals surface area contributed by atoms with Gasteiger partial charge in [-0.25, -0.2) is 0 Å². The van der Waals surface area contributed by atoms with Gasteiger partial charge in [0.05, 0.1) is 0 Å². The van der Waals surface area contributed by atoms with Crippen molar-refractivity contribution in [2.75, 3.05) is 0 Å². The lowest BCUT2D eigenvalue weighted by Gasteiger charge is -2.06. The van der Waals surface area contributed by atoms with Crippen LogP contribution in [0.4, 0.5) is 0 Å². The van der Waals surface area contributed by atoms with Gasteiger partial charge in [-0.15, -0.1) is 0 Å². The van der Waals surface area contributed by atoms with E-state index in [1.54, 1.807) is 17.7 Å². The van der Waals surface area contributed by atoms with Gasteiger partial charge in [-0.1, -0.05) is 0 Å². The molecule has 3 nitrogen and oxygen atoms in total. The molecule has 1 aromatic heterocycles. The minimum Gasteiger partial charge on any atom is -0.314 e. The van der Waals surface area contributed by atoms with Crippen molar-refractivity contribution in [3.63, 3.8) is 0 Å². The molecule has 1 aromatic rings. The number of nitrogens with zero attached hydrogens (tertiary/aromatic N) is 2. The van der Waals surface area contributed by atoms with E-state index >= 15 is 0 Å². The molecule has 0 saturated carbocycles. The zero-order valence-electron chi connectivity index (χ0n) is 7.50. The summed E-state index contributed by atoms with van der Waals surface area (Å²) in [4.78, 5) is 11.5. The predicted octanol–water partition coefficient (Wildman–Crippen LogP) is 0.746. The molecule has 0 N–H and O–H groups in total. The maximum Gasteiger partial charge on any atom is 0.268 e. The van der Waals surface area contributed by atoms with Gasteiger partial charge in [0, 0.05) is 12.7 Å². The van der Waals surface area contributed by atoms with Crippen LogP contribution in [-0.2, 0) is 19.9 Å². The number of pyridine rings is 1. The van der Waals surface area contributed by atoms with Crippen molar-refractivity contribution in [2.24, 2.45) is 7.05 Å². The lowest BCUT2D eigenvalue weighted by Crippen LogP contribution is -2.22. The van der Waals surface area contributed by atoms with E-state index in [1.807, 2.05) is 6.07 Å². The van der Waals surface area contributed by atoms with E-state index < -0.39 is 0 Å². The Kier molecular flexibility index (Phi) is 1.70. The van der Waals surface area contributed by atoms with Crippen LogP contribution in [0.5, 0.6) is 0 Å². The molecule has 3 heteroatoms. The van der Waals surface area contributed by atoms with Crippen molar-refractivity contribution in [2.45, 2.75) is 19.3 Å². The van der Waals surface area contributed by atoms with Crippen molar-refractivity contribution < 1.29 is 0 Å². The van der Waals surface area contributed by atoms with E-state index in [-0.39, 0.29) is 11.1 Å². The second-order valence-corrected chi connectivity index (χ2v) is 3.36. The molecule has 0 atom stereocenters. The van der Waals surface area contributed by atoms with Gasteiger partial charge in [0.15, 0.2) is 0 Å². The van der Waals surface area contributed by atoms with E-state index in [9.17, 15) is 4.79 Å². The average molecular weight is 174 g/mol. The standard InChI is InChI=1S/C10H10N2O/c1-12-9-4-2-3-7(9)5-8(6-11)10(12)13/h5H,2-4H2,1H3. The van der Waals surface area contributed by atoms with Crippen molar-refractivity contribution in [1.82, 2.24) is 4.57 Å². The van der Waals surface area contributed by atoms with Gasteiger partial charge in [-0.3, -0.25) is 4.79 Å². The highest BCUT2D eigenvalue weighted by molar-refractivity contribution is 5.36. The third kappa shape index (κ3) is 1.06. The van der Waals surface area contributed by atoms with Gasteiger partial charge >= 0.3 is 0 Å². The molecule has 0 radical (unpaired) electrons. The summed E-state index contributed by atoms with van der Waals surface area (Å²) in [5.41, 5.74) is 2.37. The van der Waals surface area contributed by atoms with Gasteiger partial charge in [0.1, 0.15) is 11.6 Å². The molecule has 0 aromatic carbocycles. The fourth-order valence-electron chi connectivity index (χ4n) is 1.91. The summed E-state index contributed by atoms with van der Waals surface area (Å²) in [5.74, 6) is 0. The fraction of sp³-hybridized carbons (Fsp3) is 0.400. The molecule has 66 valence electrons. The van der Waals surface area contributed by atoms with E-state index in [0.29, 0.717) is 0 Å². The Morgan fingerprint density at radius 1 is 1.54 bits per heavy atom. The third-order valence-corrected chi connectivity index (χ3v) is 2.61. The van der Waals surface area contributed by atoms with E-state index in [1.165, 1.54) is 5.56 Å². The molecule has 1 aliphatic carbocycles. The number of fused-ring (bicyclic) bond motifs is 1. The number of aryl methyl sites for hydroxylation is 1. The summed E-state index contributed by atoms with van der Waals surface area (Å²) in [6, 6.07) is 3.67. The monoisotopic (exact) mass is 174 g/mol. The predicted molar refractivity (Wildman–Crippen MR) is 48.4 cm³/mol. The largest absolute Gasteiger partial charge is 0.314 e. The van der Waals surface area contributed by atoms with Crippen LogP contribution in [0.15, 0.2) is 10.9 Å². The quantitative estimate of drug-likeness (QED) is 0.582. The van der Waals surface area contributed by atoms with Crippen molar-refractivity contribution in [3.05, 3.63) is 33.2 Å². The van der Waals surface area contributed by atoms with Gasteiger partial charge < -0.3 is 4.57 Å². The maximum absolute atomic E-state index is 11.5. The average Bonchev–Trinajstić information content (AvgIpc) is 2.59. The minimum absolute atomic E-state index is 0.164. The van der Waals surface area contributed by atoms with E-state index in [0.717, 1.165) is 25.0 Å². The summed E-state index contributed by atoms with van der Waals surface area (Å²) in [6.07, 6.45) is 3.06. The van der Waals surface area contributed by atoms with Crippen LogP contribution < -0.4 is 5.56 Å². The normalized spacial score (nSPS) is 13.8. The zero-order chi connectivity index (χ0) is 9.42. The first-order chi connectivity index (χ1) is 6.24. The van der Waals surface area contributed by atoms with Gasteiger partial charge in [0.25, 0.3) is 5.56 Å². The van der Waals surface area contributed by atoms with Gasteiger partial charge in [-0.05, 0) is 30.9 Å². The van der Waals surface area contributed by atoms with Crippen molar-refractivity contribution in [3.8, 4) is 6.07 Å². The SMILES string of the molecule is Cn1c2c(cc(C#N)c1=O)CCC2. The third-order valence-electron chi connectivity index (χ3n) is 2.61. The Balaban J connectivity index is 2.78. The topological polar surface area (TPSA) is 45.8 Å². The lowest BCUT2D eigenvalue weighted by atomic mass is 10.1. The summed E-state index contributed by atoms with van der Waals surface area (Å²) in [5, 5.41) is 8.71. The first kappa shape index (κ1) is 8.06. The molecule has 0 bridgehead atoms. The number of nitriles is 1. The highest BCUT2D eigenvalue weighted by Crippen LogP contribution is 2.20. The van der Waals surface area contributed by atoms with Crippen LogP contribution in [0.25, 0.3) is 0 Å². The molecule has 2 rings (SSSR count). The molecule has 1 heterocycles. The van der Waals surface area contributed by atoms with Crippen LogP contribution in [0.2, 0.25) is 0 Å². The highest BCUT2D eigenvalue weighted by Gasteiger charge is 2.16. The fourth-order valence-corrected chi connectivity index (χ4v) is 1.91. The van der Waals surface area contributed by atoms with Crippen molar-refractivity contribution in [1.29, 1.82) is 5.26 Å². The van der Waals surface area contributed by atoms with E-state index in [2.05, 4.69) is 0 Å². The number of hydrogen-bond acceptors (Lipinski definition) is 2. The maximum atomic E-state index is 11.5. The number of hydrogen-bond donors (Lipinski definition) is 0. The Labute approximate surface area is 76.2 Å². The second-order valence-electron chi connectivity index (χ2n) is 3.36.